The molecule has 8 nitrogen and oxygen atoms in total. The number of esters is 2. The van der Waals surface area contributed by atoms with E-state index in [1.807, 2.05) is 6.07 Å². The minimum absolute atomic E-state index is 0.109. The highest BCUT2D eigenvalue weighted by molar-refractivity contribution is 6.11. The summed E-state index contributed by atoms with van der Waals surface area (Å²) in [5.41, 5.74) is -2.99. The van der Waals surface area contributed by atoms with Gasteiger partial charge in [0.25, 0.3) is 0 Å². The second-order valence-electron chi connectivity index (χ2n) is 9.40. The smallest absolute Gasteiger partial charge is 0.329 e. The van der Waals surface area contributed by atoms with Crippen molar-refractivity contribution in [3.05, 3.63) is 65.2 Å². The van der Waals surface area contributed by atoms with Crippen LogP contribution in [0.2, 0.25) is 0 Å². The zero-order valence-corrected chi connectivity index (χ0v) is 21.1. The minimum atomic E-state index is -2.12. The fraction of sp³-hybridized carbons (Fsp3) is 0.429. The number of hydrogen-bond acceptors (Lipinski definition) is 7. The molecule has 2 aromatic carbocycles. The number of methoxy groups -OCH3 is 1. The summed E-state index contributed by atoms with van der Waals surface area (Å²) in [7, 11) is 1.50. The molecule has 0 bridgehead atoms. The molecule has 0 unspecified atom stereocenters. The average molecular weight is 494 g/mol. The van der Waals surface area contributed by atoms with Crippen molar-refractivity contribution >= 4 is 17.9 Å². The topological polar surface area (TPSA) is 123 Å². The van der Waals surface area contributed by atoms with Crippen LogP contribution < -0.4 is 4.74 Å². The quantitative estimate of drug-likeness (QED) is 0.406. The molecule has 0 radical (unpaired) electrons. The number of aliphatic carboxylic acids is 1. The van der Waals surface area contributed by atoms with Gasteiger partial charge in [-0.1, -0.05) is 36.4 Å². The number of benzene rings is 2. The molecule has 0 heterocycles. The van der Waals surface area contributed by atoms with Crippen molar-refractivity contribution in [3.63, 3.8) is 0 Å². The molecule has 8 heteroatoms. The number of carbonyl (C=O) groups excluding carboxylic acids is 2. The maximum absolute atomic E-state index is 14.0. The number of nitrogens with zero attached hydrogens (tertiary/aromatic N) is 1. The van der Waals surface area contributed by atoms with Crippen LogP contribution in [0.1, 0.15) is 63.1 Å². The van der Waals surface area contributed by atoms with Gasteiger partial charge in [-0.2, -0.15) is 5.26 Å². The lowest BCUT2D eigenvalue weighted by molar-refractivity contribution is -0.172. The minimum Gasteiger partial charge on any atom is -0.497 e. The predicted octanol–water partition coefficient (Wildman–Crippen LogP) is 4.26. The van der Waals surface area contributed by atoms with Gasteiger partial charge in [0.05, 0.1) is 25.4 Å². The van der Waals surface area contributed by atoms with Gasteiger partial charge in [-0.15, -0.1) is 0 Å². The Morgan fingerprint density at radius 2 is 1.47 bits per heavy atom. The molecule has 3 rings (SSSR count). The number of nitriles is 1. The Hall–Kier alpha value is -3.86. The van der Waals surface area contributed by atoms with Gasteiger partial charge in [0, 0.05) is 12.3 Å². The molecule has 190 valence electrons. The van der Waals surface area contributed by atoms with Crippen LogP contribution in [0.3, 0.4) is 0 Å². The van der Waals surface area contributed by atoms with Gasteiger partial charge in [0.15, 0.2) is 5.41 Å². The van der Waals surface area contributed by atoms with Crippen LogP contribution in [0, 0.1) is 11.3 Å². The summed E-state index contributed by atoms with van der Waals surface area (Å²) in [4.78, 5) is 41.3. The van der Waals surface area contributed by atoms with Crippen molar-refractivity contribution < 1.29 is 33.7 Å². The van der Waals surface area contributed by atoms with Gasteiger partial charge < -0.3 is 19.3 Å². The maximum Gasteiger partial charge on any atom is 0.329 e. The Balaban J connectivity index is 2.51. The Labute approximate surface area is 210 Å². The fourth-order valence-corrected chi connectivity index (χ4v) is 5.26. The Morgan fingerprint density at radius 3 is 1.92 bits per heavy atom. The monoisotopic (exact) mass is 493 g/mol. The van der Waals surface area contributed by atoms with Crippen LogP contribution >= 0.6 is 0 Å². The van der Waals surface area contributed by atoms with E-state index in [0.717, 1.165) is 0 Å². The number of carboxylic acids is 1. The van der Waals surface area contributed by atoms with Gasteiger partial charge in [0.1, 0.15) is 11.2 Å². The molecular formula is C28H31NO7. The van der Waals surface area contributed by atoms with Gasteiger partial charge >= 0.3 is 17.9 Å². The molecule has 0 saturated heterocycles. The Morgan fingerprint density at radius 1 is 0.944 bits per heavy atom. The Bertz CT molecular complexity index is 1160. The molecule has 0 aromatic heterocycles. The van der Waals surface area contributed by atoms with Gasteiger partial charge in [-0.05, 0) is 62.9 Å². The van der Waals surface area contributed by atoms with Crippen LogP contribution in [-0.4, -0.2) is 42.3 Å². The molecule has 0 spiro atoms. The predicted molar refractivity (Wildman–Crippen MR) is 130 cm³/mol. The maximum atomic E-state index is 14.0. The molecule has 2 aromatic rings. The third kappa shape index (κ3) is 4.19. The molecule has 2 atom stereocenters. The summed E-state index contributed by atoms with van der Waals surface area (Å²) < 4.78 is 16.6. The van der Waals surface area contributed by atoms with E-state index in [1.165, 1.54) is 7.11 Å². The van der Waals surface area contributed by atoms with E-state index in [1.54, 1.807) is 76.2 Å². The lowest BCUT2D eigenvalue weighted by Gasteiger charge is -2.39. The van der Waals surface area contributed by atoms with E-state index in [4.69, 9.17) is 14.2 Å². The molecule has 0 saturated carbocycles. The van der Waals surface area contributed by atoms with Gasteiger partial charge in [-0.3, -0.25) is 14.4 Å². The van der Waals surface area contributed by atoms with Crippen molar-refractivity contribution in [1.29, 1.82) is 5.26 Å². The van der Waals surface area contributed by atoms with Crippen molar-refractivity contribution in [2.75, 3.05) is 7.11 Å². The zero-order valence-electron chi connectivity index (χ0n) is 21.1. The second kappa shape index (κ2) is 10.4. The van der Waals surface area contributed by atoms with Crippen LogP contribution in [0.5, 0.6) is 5.75 Å². The van der Waals surface area contributed by atoms with Crippen molar-refractivity contribution in [1.82, 2.24) is 0 Å². The summed E-state index contributed by atoms with van der Waals surface area (Å²) in [6, 6.07) is 15.1. The third-order valence-electron chi connectivity index (χ3n) is 6.55. The first-order valence-corrected chi connectivity index (χ1v) is 11.8. The first-order chi connectivity index (χ1) is 17.1. The molecule has 1 N–H and O–H groups in total. The average Bonchev–Trinajstić information content (AvgIpc) is 3.10. The van der Waals surface area contributed by atoms with E-state index >= 15 is 0 Å². The van der Waals surface area contributed by atoms with Crippen molar-refractivity contribution in [2.24, 2.45) is 0 Å². The van der Waals surface area contributed by atoms with Crippen molar-refractivity contribution in [3.8, 4) is 11.8 Å². The summed E-state index contributed by atoms with van der Waals surface area (Å²) in [5.74, 6) is -3.76. The number of carbonyl (C=O) groups is 3. The third-order valence-corrected chi connectivity index (χ3v) is 6.55. The standard InChI is InChI=1S/C28H31NO7/c1-17(2)35-25(32)28(26(33)36-18(3)4)22-10-7-6-9-21(22)27(24(30)31,15-8-16-29)23(28)19-11-13-20(34-5)14-12-19/h6-7,9-14,17-18,23H,8,15H2,1-5H3,(H,30,31)/t23-,27-/m1/s1. The lowest BCUT2D eigenvalue weighted by Crippen LogP contribution is -2.54. The second-order valence-corrected chi connectivity index (χ2v) is 9.40. The molecule has 0 fully saturated rings. The largest absolute Gasteiger partial charge is 0.497 e. The zero-order chi connectivity index (χ0) is 26.7. The first kappa shape index (κ1) is 26.7. The summed E-state index contributed by atoms with van der Waals surface area (Å²) in [6.07, 6.45) is -1.40. The highest BCUT2D eigenvalue weighted by Crippen LogP contribution is 2.62. The molecule has 1 aliphatic carbocycles. The number of hydrogen-bond donors (Lipinski definition) is 1. The Kier molecular flexibility index (Phi) is 7.73. The number of ether oxygens (including phenoxy) is 3. The summed E-state index contributed by atoms with van der Waals surface area (Å²) in [5, 5.41) is 20.2. The highest BCUT2D eigenvalue weighted by atomic mass is 16.6. The van der Waals surface area contributed by atoms with Crippen LogP contribution in [0.15, 0.2) is 48.5 Å². The van der Waals surface area contributed by atoms with E-state index in [2.05, 4.69) is 0 Å². The van der Waals surface area contributed by atoms with Crippen LogP contribution in [-0.2, 0) is 34.7 Å². The number of fused-ring (bicyclic) bond motifs is 1. The lowest BCUT2D eigenvalue weighted by atomic mass is 9.61. The summed E-state index contributed by atoms with van der Waals surface area (Å²) in [6.45, 7) is 6.62. The molecular weight excluding hydrogens is 462 g/mol. The normalized spacial score (nSPS) is 19.9. The number of rotatable bonds is 9. The van der Waals surface area contributed by atoms with E-state index in [9.17, 15) is 24.8 Å². The van der Waals surface area contributed by atoms with E-state index in [-0.39, 0.29) is 24.0 Å². The molecule has 1 aliphatic rings. The summed E-state index contributed by atoms with van der Waals surface area (Å²) >= 11 is 0. The first-order valence-electron chi connectivity index (χ1n) is 11.8. The van der Waals surface area contributed by atoms with Crippen LogP contribution in [0.4, 0.5) is 0 Å². The SMILES string of the molecule is COc1ccc([C@H]2C(C(=O)OC(C)C)(C(=O)OC(C)C)c3ccccc3[C@@]2(CCC#N)C(=O)O)cc1. The van der Waals surface area contributed by atoms with Crippen molar-refractivity contribution in [2.45, 2.75) is 69.5 Å². The highest BCUT2D eigenvalue weighted by Gasteiger charge is 2.72. The van der Waals surface area contributed by atoms with E-state index in [0.29, 0.717) is 11.3 Å². The fourth-order valence-electron chi connectivity index (χ4n) is 5.26. The molecule has 36 heavy (non-hydrogen) atoms. The molecule has 0 amide bonds. The van der Waals surface area contributed by atoms with Crippen LogP contribution in [0.25, 0.3) is 0 Å². The molecule has 0 aliphatic heterocycles. The van der Waals surface area contributed by atoms with Gasteiger partial charge in [0.2, 0.25) is 0 Å². The van der Waals surface area contributed by atoms with E-state index < -0.39 is 46.9 Å². The van der Waals surface area contributed by atoms with Gasteiger partial charge in [-0.25, -0.2) is 0 Å². The number of carboxylic acid groups (broad SMARTS) is 1.